The molecular weight excluding hydrogens is 218 g/mol. The number of thiophene rings is 1. The van der Waals surface area contributed by atoms with Gasteiger partial charge in [-0.15, -0.1) is 11.3 Å². The van der Waals surface area contributed by atoms with E-state index in [0.717, 1.165) is 22.5 Å². The third-order valence-electron chi connectivity index (χ3n) is 2.30. The van der Waals surface area contributed by atoms with Gasteiger partial charge in [0.1, 0.15) is 11.6 Å². The Labute approximate surface area is 99.9 Å². The average molecular weight is 235 g/mol. The van der Waals surface area contributed by atoms with Crippen molar-refractivity contribution in [3.8, 4) is 0 Å². The van der Waals surface area contributed by atoms with Gasteiger partial charge in [-0.2, -0.15) is 0 Å². The van der Waals surface area contributed by atoms with Gasteiger partial charge < -0.3 is 5.32 Å². The summed E-state index contributed by atoms with van der Waals surface area (Å²) in [5, 5.41) is 8.69. The lowest BCUT2D eigenvalue weighted by Crippen LogP contribution is -2.13. The van der Waals surface area contributed by atoms with Crippen LogP contribution in [0, 0.1) is 0 Å². The van der Waals surface area contributed by atoms with Crippen LogP contribution in [0.2, 0.25) is 0 Å². The highest BCUT2D eigenvalue weighted by Crippen LogP contribution is 2.26. The summed E-state index contributed by atoms with van der Waals surface area (Å²) in [6.45, 7) is 8.48. The van der Waals surface area contributed by atoms with E-state index in [1.165, 1.54) is 0 Å². The Hall–Kier alpha value is -1.16. The van der Waals surface area contributed by atoms with E-state index >= 15 is 0 Å². The smallest absolute Gasteiger partial charge is 0.138 e. The van der Waals surface area contributed by atoms with Crippen LogP contribution in [0.3, 0.4) is 0 Å². The Morgan fingerprint density at radius 3 is 2.50 bits per heavy atom. The molecule has 0 spiro atoms. The first-order valence-electron chi connectivity index (χ1n) is 5.58. The number of nitrogens with zero attached hydrogens (tertiary/aromatic N) is 2. The first-order chi connectivity index (χ1) is 7.58. The van der Waals surface area contributed by atoms with E-state index in [1.54, 1.807) is 11.3 Å². The van der Waals surface area contributed by atoms with Gasteiger partial charge in [0.05, 0.1) is 10.9 Å². The molecule has 0 radical (unpaired) electrons. The first-order valence-corrected chi connectivity index (χ1v) is 6.52. The van der Waals surface area contributed by atoms with Gasteiger partial charge in [0.2, 0.25) is 0 Å². The second kappa shape index (κ2) is 4.37. The Morgan fingerprint density at radius 1 is 1.12 bits per heavy atom. The molecule has 0 aromatic carbocycles. The number of nitrogens with one attached hydrogen (secondary N) is 1. The van der Waals surface area contributed by atoms with Crippen LogP contribution in [-0.4, -0.2) is 16.0 Å². The van der Waals surface area contributed by atoms with Crippen LogP contribution in [-0.2, 0) is 0 Å². The molecule has 0 aliphatic carbocycles. The zero-order valence-electron chi connectivity index (χ0n) is 10.1. The molecule has 0 saturated heterocycles. The van der Waals surface area contributed by atoms with Crippen molar-refractivity contribution < 1.29 is 0 Å². The fourth-order valence-electron chi connectivity index (χ4n) is 1.52. The number of hydrogen-bond donors (Lipinski definition) is 1. The fourth-order valence-corrected chi connectivity index (χ4v) is 2.26. The number of anilines is 1. The molecule has 4 heteroatoms. The van der Waals surface area contributed by atoms with Crippen molar-refractivity contribution in [2.75, 3.05) is 5.32 Å². The van der Waals surface area contributed by atoms with E-state index in [1.807, 2.05) is 0 Å². The van der Waals surface area contributed by atoms with Gasteiger partial charge in [0.15, 0.2) is 0 Å². The van der Waals surface area contributed by atoms with E-state index < -0.39 is 0 Å². The van der Waals surface area contributed by atoms with Crippen LogP contribution >= 0.6 is 11.3 Å². The van der Waals surface area contributed by atoms with Crippen molar-refractivity contribution in [1.82, 2.24) is 9.97 Å². The maximum atomic E-state index is 4.60. The average Bonchev–Trinajstić information content (AvgIpc) is 2.64. The highest BCUT2D eigenvalue weighted by atomic mass is 32.1. The van der Waals surface area contributed by atoms with Crippen molar-refractivity contribution in [1.29, 1.82) is 0 Å². The van der Waals surface area contributed by atoms with Crippen LogP contribution in [0.4, 0.5) is 5.82 Å². The molecule has 0 atom stereocenters. The lowest BCUT2D eigenvalue weighted by atomic mass is 10.2. The number of aromatic nitrogens is 2. The van der Waals surface area contributed by atoms with Gasteiger partial charge in [0, 0.05) is 22.7 Å². The van der Waals surface area contributed by atoms with E-state index in [9.17, 15) is 0 Å². The van der Waals surface area contributed by atoms with Crippen LogP contribution in [0.25, 0.3) is 10.9 Å². The minimum Gasteiger partial charge on any atom is -0.367 e. The van der Waals surface area contributed by atoms with Crippen molar-refractivity contribution in [2.24, 2.45) is 0 Å². The molecule has 1 N–H and O–H groups in total. The predicted molar refractivity (Wildman–Crippen MR) is 70.3 cm³/mol. The summed E-state index contributed by atoms with van der Waals surface area (Å²) in [6, 6.07) is 0.387. The van der Waals surface area contributed by atoms with E-state index in [-0.39, 0.29) is 0 Å². The summed E-state index contributed by atoms with van der Waals surface area (Å²) in [7, 11) is 0. The predicted octanol–water partition coefficient (Wildman–Crippen LogP) is 3.64. The largest absolute Gasteiger partial charge is 0.367 e. The van der Waals surface area contributed by atoms with Gasteiger partial charge in [-0.05, 0) is 13.8 Å². The maximum Gasteiger partial charge on any atom is 0.138 e. The molecule has 0 saturated carbocycles. The first kappa shape index (κ1) is 11.3. The normalized spacial score (nSPS) is 11.6. The maximum absolute atomic E-state index is 4.60. The van der Waals surface area contributed by atoms with Crippen LogP contribution in [0.5, 0.6) is 0 Å². The van der Waals surface area contributed by atoms with Gasteiger partial charge in [0.25, 0.3) is 0 Å². The molecule has 86 valence electrons. The molecule has 0 amide bonds. The number of hydrogen-bond acceptors (Lipinski definition) is 4. The molecule has 0 fully saturated rings. The van der Waals surface area contributed by atoms with Crippen molar-refractivity contribution >= 4 is 28.1 Å². The minimum atomic E-state index is 0.358. The van der Waals surface area contributed by atoms with Crippen molar-refractivity contribution in [3.63, 3.8) is 0 Å². The number of rotatable bonds is 3. The third-order valence-corrected chi connectivity index (χ3v) is 3.03. The van der Waals surface area contributed by atoms with Gasteiger partial charge in [-0.3, -0.25) is 0 Å². The second-order valence-electron chi connectivity index (χ2n) is 4.55. The van der Waals surface area contributed by atoms with Gasteiger partial charge in [-0.25, -0.2) is 9.97 Å². The number of fused-ring (bicyclic) bond motifs is 1. The van der Waals surface area contributed by atoms with E-state index in [2.05, 4.69) is 53.7 Å². The lowest BCUT2D eigenvalue weighted by molar-refractivity contribution is 0.779. The second-order valence-corrected chi connectivity index (χ2v) is 5.30. The topological polar surface area (TPSA) is 37.8 Å². The molecule has 0 unspecified atom stereocenters. The zero-order chi connectivity index (χ0) is 11.7. The molecule has 0 bridgehead atoms. The SMILES string of the molecule is CC(C)Nc1nc(C(C)C)nc2cscc12. The van der Waals surface area contributed by atoms with E-state index in [4.69, 9.17) is 0 Å². The molecule has 2 aromatic heterocycles. The molecular formula is C12H17N3S. The standard InChI is InChI=1S/C12H17N3S/c1-7(2)11-14-10-6-16-5-9(10)12(15-11)13-8(3)4/h5-8H,1-4H3,(H,13,14,15). The van der Waals surface area contributed by atoms with Crippen molar-refractivity contribution in [2.45, 2.75) is 39.7 Å². The molecule has 2 aromatic rings. The van der Waals surface area contributed by atoms with Gasteiger partial charge >= 0.3 is 0 Å². The molecule has 2 heterocycles. The fraction of sp³-hybridized carbons (Fsp3) is 0.500. The van der Waals surface area contributed by atoms with Crippen molar-refractivity contribution in [3.05, 3.63) is 16.6 Å². The van der Waals surface area contributed by atoms with Crippen LogP contribution in [0.15, 0.2) is 10.8 Å². The summed E-state index contributed by atoms with van der Waals surface area (Å²) >= 11 is 1.67. The molecule has 2 rings (SSSR count). The minimum absolute atomic E-state index is 0.358. The molecule has 3 nitrogen and oxygen atoms in total. The Balaban J connectivity index is 2.54. The van der Waals surface area contributed by atoms with Crippen LogP contribution in [0.1, 0.15) is 39.4 Å². The van der Waals surface area contributed by atoms with Crippen LogP contribution < -0.4 is 5.32 Å². The highest BCUT2D eigenvalue weighted by molar-refractivity contribution is 7.09. The summed E-state index contributed by atoms with van der Waals surface area (Å²) in [5.41, 5.74) is 1.05. The molecule has 0 aliphatic rings. The van der Waals surface area contributed by atoms with Gasteiger partial charge in [-0.1, -0.05) is 13.8 Å². The monoisotopic (exact) mass is 235 g/mol. The Bertz CT molecular complexity index is 488. The summed E-state index contributed by atoms with van der Waals surface area (Å²) in [4.78, 5) is 9.16. The quantitative estimate of drug-likeness (QED) is 0.882. The highest BCUT2D eigenvalue weighted by Gasteiger charge is 2.11. The lowest BCUT2D eigenvalue weighted by Gasteiger charge is -2.12. The Kier molecular flexibility index (Phi) is 3.10. The zero-order valence-corrected chi connectivity index (χ0v) is 10.9. The van der Waals surface area contributed by atoms with E-state index in [0.29, 0.717) is 12.0 Å². The molecule has 0 aliphatic heterocycles. The summed E-state index contributed by atoms with van der Waals surface area (Å²) in [5.74, 6) is 2.23. The molecule has 16 heavy (non-hydrogen) atoms. The Morgan fingerprint density at radius 2 is 1.88 bits per heavy atom. The summed E-state index contributed by atoms with van der Waals surface area (Å²) in [6.07, 6.45) is 0. The summed E-state index contributed by atoms with van der Waals surface area (Å²) < 4.78 is 0. The third kappa shape index (κ3) is 2.16.